The van der Waals surface area contributed by atoms with Crippen LogP contribution in [0.25, 0.3) is 227 Å². The zero-order valence-electron chi connectivity index (χ0n) is 64.4. The second kappa shape index (κ2) is 25.2. The number of hydrogen-bond donors (Lipinski definition) is 0. The molecule has 0 saturated heterocycles. The highest BCUT2D eigenvalue weighted by Crippen LogP contribution is 2.52. The third-order valence-electron chi connectivity index (χ3n) is 25.3. The molecule has 0 unspecified atom stereocenters. The molecule has 25 rings (SSSR count). The molecule has 118 heavy (non-hydrogen) atoms. The van der Waals surface area contributed by atoms with Crippen molar-refractivity contribution in [2.24, 2.45) is 0 Å². The lowest BCUT2D eigenvalue weighted by molar-refractivity contribution is 0.660. The zero-order valence-corrected chi connectivity index (χ0v) is 64.4. The molecule has 9 nitrogen and oxygen atoms in total. The molecule has 0 fully saturated rings. The number of para-hydroxylation sites is 7. The van der Waals surface area contributed by atoms with Crippen molar-refractivity contribution >= 4 is 131 Å². The van der Waals surface area contributed by atoms with Crippen LogP contribution in [0.4, 0.5) is 0 Å². The van der Waals surface area contributed by atoms with Crippen LogP contribution in [-0.4, -0.2) is 42.8 Å². The average molecular weight is 1500 g/mol. The Bertz CT molecular complexity index is 8390. The summed E-state index contributed by atoms with van der Waals surface area (Å²) >= 11 is 0. The Hall–Kier alpha value is -15.6. The van der Waals surface area contributed by atoms with Crippen LogP contribution in [0.1, 0.15) is 25.0 Å². The highest BCUT2D eigenvalue weighted by molar-refractivity contribution is 6.22. The molecule has 9 heteroatoms. The largest absolute Gasteiger partial charge is 0.309 e. The predicted molar refractivity (Wildman–Crippen MR) is 489 cm³/mol. The van der Waals surface area contributed by atoms with Gasteiger partial charge in [0, 0.05) is 121 Å². The van der Waals surface area contributed by atoms with E-state index in [2.05, 4.69) is 401 Å². The Balaban J connectivity index is 0.589. The van der Waals surface area contributed by atoms with Gasteiger partial charge in [-0.25, -0.2) is 19.9 Å². The average Bonchev–Trinajstić information content (AvgIpc) is 1.55. The SMILES string of the molecule is CC1(C)c2ccc(-c3ccc4c(c3)c3cc(-n5c6ccccc6c6cc7c(cc65)c5ccccc5n7-c5ccc(-c6nc(-c7ccccc7)c7ccccc7n6)cc5)ccc3n4-c3ccccc3)cc2-c2ccc(-n3c4ccccc4c4cc5c(cc43)c3ccccc3n5-c3cccc(-c4nc(-c5ccccc5)c5ccccc5n4)c3)cc21. The molecule has 1 aliphatic rings. The second-order valence-corrected chi connectivity index (χ2v) is 32.1. The van der Waals surface area contributed by atoms with Gasteiger partial charge >= 0.3 is 0 Å². The van der Waals surface area contributed by atoms with Crippen molar-refractivity contribution in [2.75, 3.05) is 0 Å². The fourth-order valence-corrected chi connectivity index (χ4v) is 19.8. The smallest absolute Gasteiger partial charge is 0.160 e. The lowest BCUT2D eigenvalue weighted by Crippen LogP contribution is -2.15. The number of fused-ring (bicyclic) bond motifs is 20. The van der Waals surface area contributed by atoms with Crippen LogP contribution >= 0.6 is 0 Å². The standard InChI is InChI=1S/C109H69N9/c1-109(2)91-54-47-69(58-84(91)77-53-51-76(61-92(77)109)118-98-44-23-17-36-81(98)90-64-102-89(65-104(90)118)79-34-15-21-42-96(79)116(102)74-32-24-29-71(57-74)108-111-94-40-19-13-38-83(94)106(113-108)67-27-8-4-9-28-67)70-48-55-99-85(59-70)86-60-75(52-56-100(86)114(99)72-30-10-5-11-31-72)117-97-43-22-16-35-80(97)88-62-101-87(63-103(88)117)78-33-14-20-41-95(78)115(101)73-49-45-68(46-50-73)107-110-93-39-18-12-37-82(93)105(112-107)66-25-6-3-7-26-66/h3-65H,1-2H3. The van der Waals surface area contributed by atoms with E-state index in [0.29, 0.717) is 11.6 Å². The van der Waals surface area contributed by atoms with Crippen LogP contribution in [-0.2, 0) is 5.41 Å². The van der Waals surface area contributed by atoms with Crippen molar-refractivity contribution in [3.05, 3.63) is 393 Å². The van der Waals surface area contributed by atoms with Gasteiger partial charge in [0.15, 0.2) is 11.6 Å². The van der Waals surface area contributed by atoms with Gasteiger partial charge in [0.05, 0.1) is 77.6 Å². The third-order valence-corrected chi connectivity index (χ3v) is 25.3. The Morgan fingerprint density at radius 1 is 0.186 bits per heavy atom. The van der Waals surface area contributed by atoms with E-state index in [1.165, 1.54) is 92.8 Å². The number of nitrogens with zero attached hydrogens (tertiary/aromatic N) is 9. The maximum absolute atomic E-state index is 5.30. The maximum Gasteiger partial charge on any atom is 0.160 e. The summed E-state index contributed by atoms with van der Waals surface area (Å²) in [5.74, 6) is 1.39. The summed E-state index contributed by atoms with van der Waals surface area (Å²) in [7, 11) is 0. The molecule has 0 radical (unpaired) electrons. The summed E-state index contributed by atoms with van der Waals surface area (Å²) in [6, 6.07) is 140. The molecule has 17 aromatic carbocycles. The summed E-state index contributed by atoms with van der Waals surface area (Å²) in [5.41, 5.74) is 31.9. The minimum Gasteiger partial charge on any atom is -0.309 e. The molecule has 24 aromatic rings. The Morgan fingerprint density at radius 3 is 1.07 bits per heavy atom. The minimum absolute atomic E-state index is 0.288. The molecule has 0 aliphatic heterocycles. The normalized spacial score (nSPS) is 12.7. The summed E-state index contributed by atoms with van der Waals surface area (Å²) in [5, 5.41) is 14.0. The minimum atomic E-state index is -0.288. The molecule has 0 bridgehead atoms. The van der Waals surface area contributed by atoms with E-state index < -0.39 is 0 Å². The molecule has 0 saturated carbocycles. The lowest BCUT2D eigenvalue weighted by atomic mass is 9.82. The van der Waals surface area contributed by atoms with Crippen LogP contribution < -0.4 is 0 Å². The Morgan fingerprint density at radius 2 is 0.534 bits per heavy atom. The van der Waals surface area contributed by atoms with Crippen molar-refractivity contribution in [3.63, 3.8) is 0 Å². The van der Waals surface area contributed by atoms with E-state index in [1.807, 2.05) is 18.2 Å². The summed E-state index contributed by atoms with van der Waals surface area (Å²) < 4.78 is 12.3. The van der Waals surface area contributed by atoms with E-state index >= 15 is 0 Å². The quantitative estimate of drug-likeness (QED) is 0.137. The van der Waals surface area contributed by atoms with Gasteiger partial charge in [-0.3, -0.25) is 0 Å². The number of rotatable bonds is 10. The van der Waals surface area contributed by atoms with Gasteiger partial charge in [-0.05, 0) is 191 Å². The van der Waals surface area contributed by atoms with E-state index in [9.17, 15) is 0 Å². The van der Waals surface area contributed by atoms with Crippen LogP contribution in [0.3, 0.4) is 0 Å². The molecule has 0 amide bonds. The van der Waals surface area contributed by atoms with Crippen LogP contribution in [0.2, 0.25) is 0 Å². The van der Waals surface area contributed by atoms with Gasteiger partial charge < -0.3 is 22.8 Å². The predicted octanol–water partition coefficient (Wildman–Crippen LogP) is 27.7. The summed E-state index contributed by atoms with van der Waals surface area (Å²) in [6.45, 7) is 4.80. The first-order valence-corrected chi connectivity index (χ1v) is 40.5. The van der Waals surface area contributed by atoms with Crippen LogP contribution in [0, 0.1) is 0 Å². The first-order valence-electron chi connectivity index (χ1n) is 40.5. The first-order chi connectivity index (χ1) is 58.3. The molecular weight excluding hydrogens is 1440 g/mol. The third kappa shape index (κ3) is 9.79. The first kappa shape index (κ1) is 65.9. The zero-order chi connectivity index (χ0) is 77.6. The van der Waals surface area contributed by atoms with Crippen molar-refractivity contribution in [1.29, 1.82) is 0 Å². The Labute approximate surface area is 677 Å². The number of aromatic nitrogens is 9. The maximum atomic E-state index is 5.30. The van der Waals surface area contributed by atoms with Crippen molar-refractivity contribution < 1.29 is 0 Å². The topological polar surface area (TPSA) is 76.2 Å². The van der Waals surface area contributed by atoms with Crippen LogP contribution in [0.15, 0.2) is 382 Å². The van der Waals surface area contributed by atoms with Gasteiger partial charge in [0.25, 0.3) is 0 Å². The molecule has 0 atom stereocenters. The molecule has 7 heterocycles. The molecule has 0 N–H and O–H groups in total. The summed E-state index contributed by atoms with van der Waals surface area (Å²) in [6.07, 6.45) is 0. The second-order valence-electron chi connectivity index (χ2n) is 32.1. The number of hydrogen-bond acceptors (Lipinski definition) is 4. The van der Waals surface area contributed by atoms with Crippen molar-refractivity contribution in [1.82, 2.24) is 42.8 Å². The van der Waals surface area contributed by atoms with E-state index in [4.69, 9.17) is 19.9 Å². The molecule has 1 aliphatic carbocycles. The molecule has 0 spiro atoms. The van der Waals surface area contributed by atoms with Gasteiger partial charge in [-0.1, -0.05) is 238 Å². The molecular formula is C109H69N9. The van der Waals surface area contributed by atoms with Gasteiger partial charge in [0.2, 0.25) is 0 Å². The highest BCUT2D eigenvalue weighted by Gasteiger charge is 2.37. The van der Waals surface area contributed by atoms with Gasteiger partial charge in [-0.15, -0.1) is 0 Å². The van der Waals surface area contributed by atoms with Crippen molar-refractivity contribution in [2.45, 2.75) is 19.3 Å². The number of benzene rings is 17. The van der Waals surface area contributed by atoms with Gasteiger partial charge in [0.1, 0.15) is 0 Å². The fourth-order valence-electron chi connectivity index (χ4n) is 19.8. The summed E-state index contributed by atoms with van der Waals surface area (Å²) in [4.78, 5) is 20.8. The monoisotopic (exact) mass is 1500 g/mol. The van der Waals surface area contributed by atoms with Gasteiger partial charge in [-0.2, -0.15) is 0 Å². The molecule has 7 aromatic heterocycles. The van der Waals surface area contributed by atoms with Crippen LogP contribution in [0.5, 0.6) is 0 Å². The van der Waals surface area contributed by atoms with E-state index in [0.717, 1.165) is 134 Å². The van der Waals surface area contributed by atoms with E-state index in [-0.39, 0.29) is 5.41 Å². The van der Waals surface area contributed by atoms with Crippen molar-refractivity contribution in [3.8, 4) is 96.0 Å². The molecule has 550 valence electrons. The highest BCUT2D eigenvalue weighted by atomic mass is 15.0. The van der Waals surface area contributed by atoms with E-state index in [1.54, 1.807) is 0 Å². The Kier molecular flexibility index (Phi) is 14.1. The fraction of sp³-hybridized carbons (Fsp3) is 0.0275. The lowest BCUT2D eigenvalue weighted by Gasteiger charge is -2.22.